The fourth-order valence-electron chi connectivity index (χ4n) is 2.58. The number of ether oxygens (including phenoxy) is 1. The molecule has 0 aromatic carbocycles. The summed E-state index contributed by atoms with van der Waals surface area (Å²) >= 11 is 0. The summed E-state index contributed by atoms with van der Waals surface area (Å²) < 4.78 is 5.58. The van der Waals surface area contributed by atoms with Crippen LogP contribution in [0, 0.1) is 6.92 Å². The highest BCUT2D eigenvalue weighted by atomic mass is 16.5. The summed E-state index contributed by atoms with van der Waals surface area (Å²) in [5.41, 5.74) is 2.52. The molecule has 1 fully saturated rings. The van der Waals surface area contributed by atoms with Gasteiger partial charge < -0.3 is 15.0 Å². The van der Waals surface area contributed by atoms with Crippen LogP contribution in [-0.2, 0) is 11.3 Å². The van der Waals surface area contributed by atoms with Crippen LogP contribution >= 0.6 is 0 Å². The van der Waals surface area contributed by atoms with E-state index in [2.05, 4.69) is 57.0 Å². The monoisotopic (exact) mass is 291 g/mol. The highest BCUT2D eigenvalue weighted by molar-refractivity contribution is 5.43. The molecule has 1 aromatic heterocycles. The van der Waals surface area contributed by atoms with Crippen LogP contribution in [0.15, 0.2) is 12.1 Å². The molecular formula is C17H29N3O. The second-order valence-electron chi connectivity index (χ2n) is 6.85. The maximum atomic E-state index is 5.58. The van der Waals surface area contributed by atoms with Crippen LogP contribution in [0.4, 0.5) is 5.82 Å². The summed E-state index contributed by atoms with van der Waals surface area (Å²) in [6, 6.07) is 4.81. The van der Waals surface area contributed by atoms with E-state index in [1.807, 2.05) is 0 Å². The number of nitrogens with zero attached hydrogens (tertiary/aromatic N) is 2. The predicted octanol–water partition coefficient (Wildman–Crippen LogP) is 2.89. The second-order valence-corrected chi connectivity index (χ2v) is 6.85. The number of anilines is 1. The Morgan fingerprint density at radius 3 is 2.76 bits per heavy atom. The van der Waals surface area contributed by atoms with E-state index in [0.717, 1.165) is 44.2 Å². The summed E-state index contributed by atoms with van der Waals surface area (Å²) in [6.07, 6.45) is 1.09. The standard InChI is InChI=1S/C17H29N3O/c1-6-15-12-21-10-9-20(15)16-8-7-14(13(2)19-16)11-18-17(3,4)5/h7-8,15,18H,6,9-12H2,1-5H3. The van der Waals surface area contributed by atoms with Crippen molar-refractivity contribution < 1.29 is 4.74 Å². The maximum Gasteiger partial charge on any atom is 0.129 e. The van der Waals surface area contributed by atoms with E-state index in [-0.39, 0.29) is 5.54 Å². The summed E-state index contributed by atoms with van der Waals surface area (Å²) in [5, 5.41) is 3.52. The van der Waals surface area contributed by atoms with E-state index in [9.17, 15) is 0 Å². The van der Waals surface area contributed by atoms with E-state index in [4.69, 9.17) is 9.72 Å². The van der Waals surface area contributed by atoms with Gasteiger partial charge >= 0.3 is 0 Å². The molecule has 0 bridgehead atoms. The molecule has 0 aliphatic carbocycles. The Labute approximate surface area is 128 Å². The number of hydrogen-bond acceptors (Lipinski definition) is 4. The van der Waals surface area contributed by atoms with Crippen LogP contribution in [0.25, 0.3) is 0 Å². The maximum absolute atomic E-state index is 5.58. The Kier molecular flexibility index (Phi) is 5.22. The molecule has 0 spiro atoms. The number of hydrogen-bond donors (Lipinski definition) is 1. The average Bonchev–Trinajstić information content (AvgIpc) is 2.45. The molecule has 4 heteroatoms. The topological polar surface area (TPSA) is 37.4 Å². The Morgan fingerprint density at radius 1 is 1.38 bits per heavy atom. The van der Waals surface area contributed by atoms with Crippen molar-refractivity contribution in [2.45, 2.75) is 59.2 Å². The fourth-order valence-corrected chi connectivity index (χ4v) is 2.58. The van der Waals surface area contributed by atoms with E-state index >= 15 is 0 Å². The first-order chi connectivity index (χ1) is 9.90. The van der Waals surface area contributed by atoms with Gasteiger partial charge in [0.1, 0.15) is 5.82 Å². The van der Waals surface area contributed by atoms with E-state index in [0.29, 0.717) is 6.04 Å². The smallest absolute Gasteiger partial charge is 0.129 e. The van der Waals surface area contributed by atoms with Gasteiger partial charge in [0.2, 0.25) is 0 Å². The molecule has 21 heavy (non-hydrogen) atoms. The Hall–Kier alpha value is -1.13. The number of rotatable bonds is 4. The number of pyridine rings is 1. The summed E-state index contributed by atoms with van der Waals surface area (Å²) in [4.78, 5) is 7.21. The molecule has 1 aromatic rings. The molecule has 1 N–H and O–H groups in total. The van der Waals surface area contributed by atoms with Crippen molar-refractivity contribution in [3.63, 3.8) is 0 Å². The minimum absolute atomic E-state index is 0.128. The van der Waals surface area contributed by atoms with Crippen LogP contribution in [0.3, 0.4) is 0 Å². The molecule has 0 radical (unpaired) electrons. The van der Waals surface area contributed by atoms with Crippen LogP contribution in [0.2, 0.25) is 0 Å². The number of nitrogens with one attached hydrogen (secondary N) is 1. The van der Waals surface area contributed by atoms with Crippen molar-refractivity contribution in [3.05, 3.63) is 23.4 Å². The quantitative estimate of drug-likeness (QED) is 0.925. The molecule has 1 aliphatic heterocycles. The fraction of sp³-hybridized carbons (Fsp3) is 0.706. The molecule has 1 saturated heterocycles. The third kappa shape index (κ3) is 4.42. The van der Waals surface area contributed by atoms with Crippen molar-refractivity contribution in [2.24, 2.45) is 0 Å². The summed E-state index contributed by atoms with van der Waals surface area (Å²) in [6.45, 7) is 14.3. The minimum atomic E-state index is 0.128. The minimum Gasteiger partial charge on any atom is -0.377 e. The van der Waals surface area contributed by atoms with Crippen LogP contribution < -0.4 is 10.2 Å². The van der Waals surface area contributed by atoms with Gasteiger partial charge in [0.05, 0.1) is 19.3 Å². The molecular weight excluding hydrogens is 262 g/mol. The van der Waals surface area contributed by atoms with E-state index in [1.165, 1.54) is 5.56 Å². The lowest BCUT2D eigenvalue weighted by Crippen LogP contribution is -2.45. The zero-order valence-electron chi connectivity index (χ0n) is 14.1. The molecule has 2 heterocycles. The Morgan fingerprint density at radius 2 is 2.14 bits per heavy atom. The molecule has 1 atom stereocenters. The zero-order chi connectivity index (χ0) is 15.5. The van der Waals surface area contributed by atoms with Crippen molar-refractivity contribution >= 4 is 5.82 Å². The molecule has 1 unspecified atom stereocenters. The average molecular weight is 291 g/mol. The van der Waals surface area contributed by atoms with Gasteiger partial charge in [0.25, 0.3) is 0 Å². The first kappa shape index (κ1) is 16.2. The van der Waals surface area contributed by atoms with Gasteiger partial charge in [-0.05, 0) is 45.7 Å². The van der Waals surface area contributed by atoms with Crippen LogP contribution in [-0.4, -0.2) is 36.3 Å². The first-order valence-corrected chi connectivity index (χ1v) is 7.96. The first-order valence-electron chi connectivity index (χ1n) is 7.96. The number of morpholine rings is 1. The molecule has 1 aliphatic rings. The largest absolute Gasteiger partial charge is 0.377 e. The van der Waals surface area contributed by atoms with Crippen molar-refractivity contribution in [1.82, 2.24) is 10.3 Å². The highest BCUT2D eigenvalue weighted by Crippen LogP contribution is 2.21. The van der Waals surface area contributed by atoms with E-state index < -0.39 is 0 Å². The van der Waals surface area contributed by atoms with Gasteiger partial charge in [-0.1, -0.05) is 13.0 Å². The van der Waals surface area contributed by atoms with Crippen molar-refractivity contribution in [3.8, 4) is 0 Å². The third-order valence-electron chi connectivity index (χ3n) is 3.98. The molecule has 4 nitrogen and oxygen atoms in total. The van der Waals surface area contributed by atoms with Crippen LogP contribution in [0.1, 0.15) is 45.4 Å². The molecule has 0 amide bonds. The van der Waals surface area contributed by atoms with Gasteiger partial charge in [-0.2, -0.15) is 0 Å². The van der Waals surface area contributed by atoms with Crippen molar-refractivity contribution in [1.29, 1.82) is 0 Å². The van der Waals surface area contributed by atoms with Crippen LogP contribution in [0.5, 0.6) is 0 Å². The molecule has 0 saturated carbocycles. The second kappa shape index (κ2) is 6.75. The van der Waals surface area contributed by atoms with Gasteiger partial charge in [-0.25, -0.2) is 4.98 Å². The SMILES string of the molecule is CCC1COCCN1c1ccc(CNC(C)(C)C)c(C)n1. The predicted molar refractivity (Wildman–Crippen MR) is 87.8 cm³/mol. The lowest BCUT2D eigenvalue weighted by molar-refractivity contribution is 0.0925. The van der Waals surface area contributed by atoms with Gasteiger partial charge in [0.15, 0.2) is 0 Å². The summed E-state index contributed by atoms with van der Waals surface area (Å²) in [5.74, 6) is 1.09. The van der Waals surface area contributed by atoms with Gasteiger partial charge in [-0.15, -0.1) is 0 Å². The zero-order valence-corrected chi connectivity index (χ0v) is 14.1. The van der Waals surface area contributed by atoms with E-state index in [1.54, 1.807) is 0 Å². The number of aromatic nitrogens is 1. The molecule has 118 valence electrons. The lowest BCUT2D eigenvalue weighted by atomic mass is 10.1. The normalized spacial score (nSPS) is 19.9. The summed E-state index contributed by atoms with van der Waals surface area (Å²) in [7, 11) is 0. The van der Waals surface area contributed by atoms with Gasteiger partial charge in [-0.3, -0.25) is 0 Å². The van der Waals surface area contributed by atoms with Crippen molar-refractivity contribution in [2.75, 3.05) is 24.7 Å². The lowest BCUT2D eigenvalue weighted by Gasteiger charge is -2.36. The highest BCUT2D eigenvalue weighted by Gasteiger charge is 2.23. The number of aryl methyl sites for hydroxylation is 1. The van der Waals surface area contributed by atoms with Gasteiger partial charge in [0, 0.05) is 24.3 Å². The third-order valence-corrected chi connectivity index (χ3v) is 3.98. The Bertz CT molecular complexity index is 468. The molecule has 2 rings (SSSR count). The Balaban J connectivity index is 2.10.